The minimum absolute atomic E-state index is 0.349. The van der Waals surface area contributed by atoms with Crippen LogP contribution in [0, 0.1) is 0 Å². The van der Waals surface area contributed by atoms with Crippen LogP contribution < -0.4 is 5.32 Å². The molecule has 7 heteroatoms. The summed E-state index contributed by atoms with van der Waals surface area (Å²) in [7, 11) is 2.62. The molecule has 1 N–H and O–H groups in total. The zero-order valence-electron chi connectivity index (χ0n) is 14.4. The molecular formula is C18H18N2O5. The highest BCUT2D eigenvalue weighted by atomic mass is 16.5. The standard InChI is InChI=1S/C18H18N2O5/c1-9-14(17(21)23-3)16(15(10(2)19-9)18(22)24-4)11-6-5-7-13-12(11)8-25-20-13/h5-8,16,19H,1-4H3. The molecule has 0 amide bonds. The van der Waals surface area contributed by atoms with Crippen molar-refractivity contribution in [2.45, 2.75) is 19.8 Å². The van der Waals surface area contributed by atoms with E-state index in [4.69, 9.17) is 14.0 Å². The molecule has 0 radical (unpaired) electrons. The second-order valence-electron chi connectivity index (χ2n) is 5.71. The number of methoxy groups -OCH3 is 2. The van der Waals surface area contributed by atoms with Crippen LogP contribution in [0.4, 0.5) is 0 Å². The molecule has 1 aromatic carbocycles. The second kappa shape index (κ2) is 6.43. The Morgan fingerprint density at radius 2 is 1.68 bits per heavy atom. The lowest BCUT2D eigenvalue weighted by Crippen LogP contribution is -2.32. The lowest BCUT2D eigenvalue weighted by atomic mass is 9.79. The summed E-state index contributed by atoms with van der Waals surface area (Å²) in [5.41, 5.74) is 3.30. The monoisotopic (exact) mass is 342 g/mol. The van der Waals surface area contributed by atoms with Gasteiger partial charge in [0, 0.05) is 16.8 Å². The number of hydrogen-bond donors (Lipinski definition) is 1. The number of aromatic nitrogens is 1. The molecule has 1 aromatic heterocycles. The highest BCUT2D eigenvalue weighted by Gasteiger charge is 2.38. The summed E-state index contributed by atoms with van der Waals surface area (Å²) in [6.07, 6.45) is 1.50. The van der Waals surface area contributed by atoms with Crippen molar-refractivity contribution in [2.24, 2.45) is 0 Å². The van der Waals surface area contributed by atoms with Crippen molar-refractivity contribution in [3.05, 3.63) is 52.6 Å². The molecule has 0 bridgehead atoms. The fourth-order valence-corrected chi connectivity index (χ4v) is 3.23. The average Bonchev–Trinajstić information content (AvgIpc) is 3.08. The third kappa shape index (κ3) is 2.67. The summed E-state index contributed by atoms with van der Waals surface area (Å²) in [6, 6.07) is 5.44. The number of dihydropyridines is 1. The molecule has 130 valence electrons. The first-order valence-corrected chi connectivity index (χ1v) is 7.67. The number of rotatable bonds is 3. The molecule has 0 fully saturated rings. The largest absolute Gasteiger partial charge is 0.466 e. The van der Waals surface area contributed by atoms with E-state index in [-0.39, 0.29) is 0 Å². The molecule has 2 heterocycles. The first-order chi connectivity index (χ1) is 12.0. The van der Waals surface area contributed by atoms with E-state index < -0.39 is 17.9 Å². The Hall–Kier alpha value is -3.09. The number of hydrogen-bond acceptors (Lipinski definition) is 7. The molecule has 0 aliphatic carbocycles. The Bertz CT molecular complexity index is 884. The van der Waals surface area contributed by atoms with E-state index in [1.165, 1.54) is 20.5 Å². The SMILES string of the molecule is COC(=O)C1=C(C)NC(C)=C(C(=O)OC)C1c1cccc2nocc12. The maximum atomic E-state index is 12.5. The summed E-state index contributed by atoms with van der Waals surface area (Å²) >= 11 is 0. The van der Waals surface area contributed by atoms with Crippen molar-refractivity contribution in [1.29, 1.82) is 0 Å². The summed E-state index contributed by atoms with van der Waals surface area (Å²) in [5.74, 6) is -1.68. The fourth-order valence-electron chi connectivity index (χ4n) is 3.23. The van der Waals surface area contributed by atoms with E-state index in [2.05, 4.69) is 10.5 Å². The van der Waals surface area contributed by atoms with Crippen LogP contribution in [0.2, 0.25) is 0 Å². The Labute approximate surface area is 144 Å². The summed E-state index contributed by atoms with van der Waals surface area (Å²) in [6.45, 7) is 3.54. The van der Waals surface area contributed by atoms with Crippen LogP contribution in [0.25, 0.3) is 10.9 Å². The highest BCUT2D eigenvalue weighted by Crippen LogP contribution is 2.41. The first-order valence-electron chi connectivity index (χ1n) is 7.67. The van der Waals surface area contributed by atoms with Gasteiger partial charge in [-0.1, -0.05) is 17.3 Å². The van der Waals surface area contributed by atoms with E-state index in [9.17, 15) is 9.59 Å². The van der Waals surface area contributed by atoms with Crippen molar-refractivity contribution < 1.29 is 23.6 Å². The summed E-state index contributed by atoms with van der Waals surface area (Å²) < 4.78 is 15.0. The molecule has 3 rings (SSSR count). The summed E-state index contributed by atoms with van der Waals surface area (Å²) in [5, 5.41) is 7.73. The van der Waals surface area contributed by atoms with Crippen LogP contribution in [-0.4, -0.2) is 31.3 Å². The molecule has 0 spiro atoms. The maximum Gasteiger partial charge on any atom is 0.336 e. The Balaban J connectivity index is 2.31. The fraction of sp³-hybridized carbons (Fsp3) is 0.278. The van der Waals surface area contributed by atoms with Gasteiger partial charge < -0.3 is 19.3 Å². The predicted molar refractivity (Wildman–Crippen MR) is 89.3 cm³/mol. The lowest BCUT2D eigenvalue weighted by molar-refractivity contribution is -0.137. The topological polar surface area (TPSA) is 90.7 Å². The number of nitrogens with zero attached hydrogens (tertiary/aromatic N) is 1. The van der Waals surface area contributed by atoms with Crippen molar-refractivity contribution in [3.63, 3.8) is 0 Å². The normalized spacial score (nSPS) is 15.4. The van der Waals surface area contributed by atoms with Gasteiger partial charge in [0.1, 0.15) is 11.8 Å². The Kier molecular flexibility index (Phi) is 4.31. The number of ether oxygens (including phenoxy) is 2. The van der Waals surface area contributed by atoms with Crippen molar-refractivity contribution in [1.82, 2.24) is 10.5 Å². The number of nitrogens with one attached hydrogen (secondary N) is 1. The number of carbonyl (C=O) groups excluding carboxylic acids is 2. The number of fused-ring (bicyclic) bond motifs is 1. The molecule has 7 nitrogen and oxygen atoms in total. The van der Waals surface area contributed by atoms with E-state index in [1.54, 1.807) is 26.0 Å². The maximum absolute atomic E-state index is 12.5. The van der Waals surface area contributed by atoms with Gasteiger partial charge in [-0.2, -0.15) is 0 Å². The zero-order valence-corrected chi connectivity index (χ0v) is 14.4. The average molecular weight is 342 g/mol. The molecule has 25 heavy (non-hydrogen) atoms. The number of esters is 2. The van der Waals surface area contributed by atoms with E-state index in [1.807, 2.05) is 6.07 Å². The van der Waals surface area contributed by atoms with Gasteiger partial charge in [0.2, 0.25) is 0 Å². The number of carbonyl (C=O) groups is 2. The van der Waals surface area contributed by atoms with Crippen molar-refractivity contribution in [3.8, 4) is 0 Å². The van der Waals surface area contributed by atoms with Gasteiger partial charge in [-0.3, -0.25) is 0 Å². The van der Waals surface area contributed by atoms with E-state index >= 15 is 0 Å². The van der Waals surface area contributed by atoms with Gasteiger partial charge >= 0.3 is 11.9 Å². The van der Waals surface area contributed by atoms with Crippen molar-refractivity contribution in [2.75, 3.05) is 14.2 Å². The highest BCUT2D eigenvalue weighted by molar-refractivity contribution is 6.01. The van der Waals surface area contributed by atoms with Crippen LogP contribution in [0.15, 0.2) is 51.5 Å². The van der Waals surface area contributed by atoms with Gasteiger partial charge in [-0.25, -0.2) is 9.59 Å². The second-order valence-corrected chi connectivity index (χ2v) is 5.71. The lowest BCUT2D eigenvalue weighted by Gasteiger charge is -2.30. The van der Waals surface area contributed by atoms with Crippen LogP contribution in [0.5, 0.6) is 0 Å². The molecule has 0 unspecified atom stereocenters. The molecule has 0 saturated carbocycles. The van der Waals surface area contributed by atoms with E-state index in [0.29, 0.717) is 28.1 Å². The molecular weight excluding hydrogens is 324 g/mol. The minimum Gasteiger partial charge on any atom is -0.466 e. The van der Waals surface area contributed by atoms with Gasteiger partial charge in [-0.05, 0) is 25.5 Å². The predicted octanol–water partition coefficient (Wildman–Crippen LogP) is 2.41. The van der Waals surface area contributed by atoms with Crippen LogP contribution >= 0.6 is 0 Å². The third-order valence-electron chi connectivity index (χ3n) is 4.32. The Morgan fingerprint density at radius 3 is 2.24 bits per heavy atom. The Morgan fingerprint density at radius 1 is 1.08 bits per heavy atom. The first kappa shape index (κ1) is 16.8. The quantitative estimate of drug-likeness (QED) is 0.857. The van der Waals surface area contributed by atoms with Gasteiger partial charge in [-0.15, -0.1) is 0 Å². The number of allylic oxidation sites excluding steroid dienone is 2. The molecule has 0 atom stereocenters. The summed E-state index contributed by atoms with van der Waals surface area (Å²) in [4.78, 5) is 24.9. The smallest absolute Gasteiger partial charge is 0.336 e. The molecule has 2 aromatic rings. The van der Waals surface area contributed by atoms with Crippen LogP contribution in [-0.2, 0) is 19.1 Å². The molecule has 0 saturated heterocycles. The third-order valence-corrected chi connectivity index (χ3v) is 4.32. The van der Waals surface area contributed by atoms with Crippen LogP contribution in [0.1, 0.15) is 25.3 Å². The zero-order chi connectivity index (χ0) is 18.1. The molecule has 1 aliphatic heterocycles. The van der Waals surface area contributed by atoms with Crippen LogP contribution in [0.3, 0.4) is 0 Å². The van der Waals surface area contributed by atoms with Gasteiger partial charge in [0.05, 0.1) is 31.3 Å². The molecule has 1 aliphatic rings. The van der Waals surface area contributed by atoms with Crippen molar-refractivity contribution >= 4 is 22.8 Å². The van der Waals surface area contributed by atoms with E-state index in [0.717, 1.165) is 10.9 Å². The number of benzene rings is 1. The van der Waals surface area contributed by atoms with Gasteiger partial charge in [0.25, 0.3) is 0 Å². The van der Waals surface area contributed by atoms with Gasteiger partial charge in [0.15, 0.2) is 0 Å². The minimum atomic E-state index is -0.649.